The highest BCUT2D eigenvalue weighted by atomic mass is 16.5. The molecule has 0 saturated carbocycles. The Bertz CT molecular complexity index is 723. The van der Waals surface area contributed by atoms with Gasteiger partial charge in [0.2, 0.25) is 11.8 Å². The highest BCUT2D eigenvalue weighted by molar-refractivity contribution is 5.93. The van der Waals surface area contributed by atoms with Gasteiger partial charge in [-0.2, -0.15) is 0 Å². The Morgan fingerprint density at radius 1 is 1.29 bits per heavy atom. The van der Waals surface area contributed by atoms with Crippen molar-refractivity contribution >= 4 is 17.8 Å². The van der Waals surface area contributed by atoms with E-state index in [-0.39, 0.29) is 23.9 Å². The molecule has 154 valence electrons. The summed E-state index contributed by atoms with van der Waals surface area (Å²) in [6.07, 6.45) is 11.0. The summed E-state index contributed by atoms with van der Waals surface area (Å²) < 4.78 is 5.42. The Balaban J connectivity index is 2.61. The van der Waals surface area contributed by atoms with Gasteiger partial charge < -0.3 is 15.8 Å². The van der Waals surface area contributed by atoms with E-state index in [0.717, 1.165) is 5.57 Å². The Morgan fingerprint density at radius 2 is 1.89 bits per heavy atom. The van der Waals surface area contributed by atoms with Crippen LogP contribution in [0.4, 0.5) is 0 Å². The number of ether oxygens (including phenoxy) is 1. The molecule has 2 amide bonds. The summed E-state index contributed by atoms with van der Waals surface area (Å²) in [7, 11) is 0. The van der Waals surface area contributed by atoms with Crippen LogP contribution in [0.3, 0.4) is 0 Å². The van der Waals surface area contributed by atoms with Crippen molar-refractivity contribution < 1.29 is 19.1 Å². The van der Waals surface area contributed by atoms with Gasteiger partial charge in [0.05, 0.1) is 0 Å². The van der Waals surface area contributed by atoms with Crippen LogP contribution in [0.15, 0.2) is 47.6 Å². The maximum atomic E-state index is 12.0. The van der Waals surface area contributed by atoms with Gasteiger partial charge >= 0.3 is 5.97 Å². The molecule has 28 heavy (non-hydrogen) atoms. The quantitative estimate of drug-likeness (QED) is 0.398. The van der Waals surface area contributed by atoms with Crippen molar-refractivity contribution in [3.63, 3.8) is 0 Å². The van der Waals surface area contributed by atoms with Crippen LogP contribution in [-0.4, -0.2) is 29.9 Å². The monoisotopic (exact) mass is 388 g/mol. The van der Waals surface area contributed by atoms with E-state index in [9.17, 15) is 14.4 Å². The second kappa shape index (κ2) is 10.1. The average molecular weight is 389 g/mol. The zero-order valence-electron chi connectivity index (χ0n) is 17.6. The summed E-state index contributed by atoms with van der Waals surface area (Å²) in [5, 5.41) is 2.62. The number of rotatable bonds is 7. The van der Waals surface area contributed by atoms with E-state index < -0.39 is 17.4 Å². The van der Waals surface area contributed by atoms with Gasteiger partial charge in [0.15, 0.2) is 0 Å². The molecule has 0 spiro atoms. The van der Waals surface area contributed by atoms with Crippen LogP contribution in [0.25, 0.3) is 0 Å². The van der Waals surface area contributed by atoms with Crippen LogP contribution < -0.4 is 11.1 Å². The Labute approximate surface area is 167 Å². The first-order valence-electron chi connectivity index (χ1n) is 9.42. The number of cyclic esters (lactones) is 1. The van der Waals surface area contributed by atoms with E-state index in [4.69, 9.17) is 10.5 Å². The van der Waals surface area contributed by atoms with Gasteiger partial charge in [-0.3, -0.25) is 9.59 Å². The van der Waals surface area contributed by atoms with Gasteiger partial charge in [-0.15, -0.1) is 0 Å². The molecule has 1 heterocycles. The van der Waals surface area contributed by atoms with Gasteiger partial charge in [-0.25, -0.2) is 4.79 Å². The lowest BCUT2D eigenvalue weighted by molar-refractivity contribution is -0.147. The molecule has 0 unspecified atom stereocenters. The molecule has 6 heteroatoms. The minimum atomic E-state index is -0.744. The molecule has 3 N–H and O–H groups in total. The van der Waals surface area contributed by atoms with E-state index in [1.165, 1.54) is 6.08 Å². The largest absolute Gasteiger partial charge is 0.458 e. The molecular weight excluding hydrogens is 356 g/mol. The topological polar surface area (TPSA) is 98.5 Å². The fourth-order valence-electron chi connectivity index (χ4n) is 2.81. The number of carbonyl (C=O) groups excluding carboxylic acids is 3. The first kappa shape index (κ1) is 23.4. The van der Waals surface area contributed by atoms with Gasteiger partial charge in [0.25, 0.3) is 0 Å². The third kappa shape index (κ3) is 7.55. The van der Waals surface area contributed by atoms with Gasteiger partial charge in [0.1, 0.15) is 12.1 Å². The summed E-state index contributed by atoms with van der Waals surface area (Å²) in [6, 6.07) is -0.744. The first-order valence-corrected chi connectivity index (χ1v) is 9.42. The van der Waals surface area contributed by atoms with Crippen LogP contribution in [0.5, 0.6) is 0 Å². The van der Waals surface area contributed by atoms with Crippen LogP contribution in [0, 0.1) is 11.3 Å². The maximum absolute atomic E-state index is 12.0. The van der Waals surface area contributed by atoms with Crippen molar-refractivity contribution in [2.45, 2.75) is 60.1 Å². The van der Waals surface area contributed by atoms with E-state index in [2.05, 4.69) is 5.32 Å². The highest BCUT2D eigenvalue weighted by Gasteiger charge is 2.30. The standard InChI is InChI=1S/C22H32N2O4/c1-14(13-16(3)17-12-11-15(2)21(27)28-17)9-7-8-10-18(25)24-19(20(23)26)22(4,5)6/h7-11,13,16-17,19H,12H2,1-6H3,(H2,23,26)(H,24,25)/b9-7-,10-8-,14-13+/t16-,17-,19-/m0/s1. The fraction of sp³-hybridized carbons (Fsp3) is 0.500. The summed E-state index contributed by atoms with van der Waals surface area (Å²) in [5.74, 6) is -1.13. The first-order chi connectivity index (χ1) is 12.9. The zero-order chi connectivity index (χ0) is 21.5. The number of nitrogens with two attached hydrogens (primary N) is 1. The Kier molecular flexibility index (Phi) is 8.41. The van der Waals surface area contributed by atoms with Crippen molar-refractivity contribution in [1.82, 2.24) is 5.32 Å². The molecule has 1 aliphatic heterocycles. The third-order valence-electron chi connectivity index (χ3n) is 4.50. The summed E-state index contributed by atoms with van der Waals surface area (Å²) >= 11 is 0. The lowest BCUT2D eigenvalue weighted by Gasteiger charge is -2.28. The number of hydrogen-bond donors (Lipinski definition) is 2. The smallest absolute Gasteiger partial charge is 0.333 e. The predicted molar refractivity (Wildman–Crippen MR) is 110 cm³/mol. The van der Waals surface area contributed by atoms with Gasteiger partial charge in [-0.1, -0.05) is 63.6 Å². The van der Waals surface area contributed by atoms with Crippen molar-refractivity contribution in [3.05, 3.63) is 47.6 Å². The van der Waals surface area contributed by atoms with Crippen molar-refractivity contribution in [2.24, 2.45) is 17.1 Å². The van der Waals surface area contributed by atoms with E-state index in [1.54, 1.807) is 19.1 Å². The van der Waals surface area contributed by atoms with Crippen molar-refractivity contribution in [2.75, 3.05) is 0 Å². The van der Waals surface area contributed by atoms with Crippen LogP contribution in [0.2, 0.25) is 0 Å². The van der Waals surface area contributed by atoms with E-state index >= 15 is 0 Å². The number of nitrogens with one attached hydrogen (secondary N) is 1. The average Bonchev–Trinajstić information content (AvgIpc) is 2.57. The van der Waals surface area contributed by atoms with Crippen molar-refractivity contribution in [1.29, 1.82) is 0 Å². The summed E-state index contributed by atoms with van der Waals surface area (Å²) in [5.41, 5.74) is 6.54. The molecule has 0 fully saturated rings. The van der Waals surface area contributed by atoms with Gasteiger partial charge in [-0.05, 0) is 19.3 Å². The van der Waals surface area contributed by atoms with E-state index in [0.29, 0.717) is 12.0 Å². The lowest BCUT2D eigenvalue weighted by atomic mass is 9.86. The molecule has 0 bridgehead atoms. The minimum absolute atomic E-state index is 0.0772. The number of allylic oxidation sites excluding steroid dienone is 4. The molecule has 1 aliphatic rings. The van der Waals surface area contributed by atoms with Crippen molar-refractivity contribution in [3.8, 4) is 0 Å². The van der Waals surface area contributed by atoms with E-state index in [1.807, 2.05) is 52.8 Å². The van der Waals surface area contributed by atoms with Crippen LogP contribution in [-0.2, 0) is 19.1 Å². The fourth-order valence-corrected chi connectivity index (χ4v) is 2.81. The molecule has 0 saturated heterocycles. The number of primary amides is 1. The maximum Gasteiger partial charge on any atom is 0.333 e. The lowest BCUT2D eigenvalue weighted by Crippen LogP contribution is -2.51. The molecule has 0 aromatic rings. The molecule has 0 radical (unpaired) electrons. The Hall–Kier alpha value is -2.63. The molecule has 3 atom stereocenters. The number of amides is 2. The highest BCUT2D eigenvalue weighted by Crippen LogP contribution is 2.22. The second-order valence-electron chi connectivity index (χ2n) is 8.26. The zero-order valence-corrected chi connectivity index (χ0v) is 17.6. The number of carbonyl (C=O) groups is 3. The summed E-state index contributed by atoms with van der Waals surface area (Å²) in [6.45, 7) is 11.2. The Morgan fingerprint density at radius 3 is 2.43 bits per heavy atom. The third-order valence-corrected chi connectivity index (χ3v) is 4.50. The number of hydrogen-bond acceptors (Lipinski definition) is 4. The van der Waals surface area contributed by atoms with Gasteiger partial charge in [0, 0.05) is 24.0 Å². The number of esters is 1. The second-order valence-corrected chi connectivity index (χ2v) is 8.26. The minimum Gasteiger partial charge on any atom is -0.458 e. The molecule has 0 aliphatic carbocycles. The molecule has 1 rings (SSSR count). The van der Waals surface area contributed by atoms with Crippen LogP contribution in [0.1, 0.15) is 48.0 Å². The predicted octanol–water partition coefficient (Wildman–Crippen LogP) is 2.96. The molecule has 6 nitrogen and oxygen atoms in total. The normalized spacial score (nSPS) is 20.6. The SMILES string of the molecule is CC1=CC[C@@H]([C@@H](C)/C=C(C)/C=C\C=C/C(=O)N[C@@H](C(N)=O)C(C)(C)C)OC1=O. The summed E-state index contributed by atoms with van der Waals surface area (Å²) in [4.78, 5) is 35.1. The molecular formula is C22H32N2O4. The van der Waals surface area contributed by atoms with Crippen LogP contribution >= 0.6 is 0 Å². The molecule has 0 aromatic heterocycles. The molecule has 0 aromatic carbocycles.